The van der Waals surface area contributed by atoms with Crippen molar-refractivity contribution in [1.82, 2.24) is 4.90 Å². The summed E-state index contributed by atoms with van der Waals surface area (Å²) in [5.41, 5.74) is 1.48. The van der Waals surface area contributed by atoms with E-state index < -0.39 is 0 Å². The first-order chi connectivity index (χ1) is 8.04. The second-order valence-electron chi connectivity index (χ2n) is 8.82. The summed E-state index contributed by atoms with van der Waals surface area (Å²) < 4.78 is 0. The van der Waals surface area contributed by atoms with Crippen LogP contribution in [0.5, 0.6) is 0 Å². The molecule has 1 heterocycles. The quantitative estimate of drug-likeness (QED) is 0.687. The number of piperidine rings is 1. The van der Waals surface area contributed by atoms with E-state index in [1.807, 2.05) is 0 Å². The van der Waals surface area contributed by atoms with Crippen LogP contribution >= 0.6 is 0 Å². The molecule has 0 atom stereocenters. The Kier molecular flexibility index (Phi) is 4.92. The van der Waals surface area contributed by atoms with Gasteiger partial charge in [0.15, 0.2) is 0 Å². The minimum absolute atomic E-state index is 0.449. The topological polar surface area (TPSA) is 3.24 Å². The molecule has 1 saturated heterocycles. The Balaban J connectivity index is 2.32. The third-order valence-electron chi connectivity index (χ3n) is 5.17. The van der Waals surface area contributed by atoms with E-state index in [9.17, 15) is 0 Å². The van der Waals surface area contributed by atoms with Gasteiger partial charge >= 0.3 is 0 Å². The fourth-order valence-corrected chi connectivity index (χ4v) is 2.85. The molecule has 1 nitrogen and oxygen atoms in total. The van der Waals surface area contributed by atoms with E-state index in [0.29, 0.717) is 16.2 Å². The maximum Gasteiger partial charge on any atom is -0.00133 e. The standard InChI is InChI=1S/C17H35N/c1-15(2,3)9-8-12-18-13-10-17(7,11-14-18)16(4,5)6/h8-14H2,1-7H3. The summed E-state index contributed by atoms with van der Waals surface area (Å²) in [6, 6.07) is 0. The van der Waals surface area contributed by atoms with Crippen molar-refractivity contribution in [2.45, 2.75) is 74.1 Å². The molecular formula is C17H35N. The predicted octanol–water partition coefficient (Wildman–Crippen LogP) is 4.96. The van der Waals surface area contributed by atoms with Gasteiger partial charge in [-0.25, -0.2) is 0 Å². The molecule has 0 aliphatic carbocycles. The zero-order valence-corrected chi connectivity index (χ0v) is 13.9. The van der Waals surface area contributed by atoms with Crippen molar-refractivity contribution in [2.75, 3.05) is 19.6 Å². The Morgan fingerprint density at radius 2 is 1.44 bits per heavy atom. The lowest BCUT2D eigenvalue weighted by Crippen LogP contribution is -2.45. The van der Waals surface area contributed by atoms with Gasteiger partial charge in [-0.1, -0.05) is 48.5 Å². The van der Waals surface area contributed by atoms with Crippen LogP contribution in [0.2, 0.25) is 0 Å². The van der Waals surface area contributed by atoms with Gasteiger partial charge in [-0.05, 0) is 61.6 Å². The summed E-state index contributed by atoms with van der Waals surface area (Å²) in [6.07, 6.45) is 5.44. The molecule has 0 aromatic carbocycles. The van der Waals surface area contributed by atoms with Crippen LogP contribution in [0.25, 0.3) is 0 Å². The van der Waals surface area contributed by atoms with E-state index >= 15 is 0 Å². The highest BCUT2D eigenvalue weighted by atomic mass is 15.1. The predicted molar refractivity (Wildman–Crippen MR) is 81.9 cm³/mol. The molecule has 1 fully saturated rings. The third-order valence-corrected chi connectivity index (χ3v) is 5.17. The van der Waals surface area contributed by atoms with E-state index in [-0.39, 0.29) is 0 Å². The van der Waals surface area contributed by atoms with E-state index in [0.717, 1.165) is 0 Å². The van der Waals surface area contributed by atoms with Crippen LogP contribution in [-0.2, 0) is 0 Å². The van der Waals surface area contributed by atoms with Crippen LogP contribution < -0.4 is 0 Å². The number of hydrogen-bond donors (Lipinski definition) is 0. The first-order valence-electron chi connectivity index (χ1n) is 7.76. The molecule has 1 aliphatic heterocycles. The van der Waals surface area contributed by atoms with Crippen molar-refractivity contribution in [3.8, 4) is 0 Å². The second-order valence-corrected chi connectivity index (χ2v) is 8.82. The van der Waals surface area contributed by atoms with Gasteiger partial charge in [0.25, 0.3) is 0 Å². The fraction of sp³-hybridized carbons (Fsp3) is 1.00. The molecule has 0 aromatic heterocycles. The number of hydrogen-bond acceptors (Lipinski definition) is 1. The fourth-order valence-electron chi connectivity index (χ4n) is 2.85. The van der Waals surface area contributed by atoms with Crippen molar-refractivity contribution in [2.24, 2.45) is 16.2 Å². The van der Waals surface area contributed by atoms with E-state index in [2.05, 4.69) is 53.4 Å². The largest absolute Gasteiger partial charge is 0.303 e. The van der Waals surface area contributed by atoms with Crippen molar-refractivity contribution in [3.63, 3.8) is 0 Å². The van der Waals surface area contributed by atoms with Gasteiger partial charge in [0.1, 0.15) is 0 Å². The van der Waals surface area contributed by atoms with Gasteiger partial charge in [-0.3, -0.25) is 0 Å². The summed E-state index contributed by atoms with van der Waals surface area (Å²) in [5, 5.41) is 0. The molecule has 0 unspecified atom stereocenters. The van der Waals surface area contributed by atoms with Crippen molar-refractivity contribution in [1.29, 1.82) is 0 Å². The van der Waals surface area contributed by atoms with Gasteiger partial charge < -0.3 is 4.90 Å². The third kappa shape index (κ3) is 4.57. The molecule has 0 spiro atoms. The first kappa shape index (κ1) is 16.0. The SMILES string of the molecule is CC(C)(C)CCCN1CCC(C)(C(C)(C)C)CC1. The Hall–Kier alpha value is -0.0400. The molecule has 1 rings (SSSR count). The lowest BCUT2D eigenvalue weighted by Gasteiger charge is -2.48. The number of rotatable bonds is 3. The molecule has 0 N–H and O–H groups in total. The van der Waals surface area contributed by atoms with Crippen molar-refractivity contribution >= 4 is 0 Å². The van der Waals surface area contributed by atoms with Crippen molar-refractivity contribution in [3.05, 3.63) is 0 Å². The normalized spacial score (nSPS) is 22.2. The average molecular weight is 253 g/mol. The maximum absolute atomic E-state index is 2.68. The van der Waals surface area contributed by atoms with Crippen LogP contribution in [0.15, 0.2) is 0 Å². The summed E-state index contributed by atoms with van der Waals surface area (Å²) >= 11 is 0. The minimum atomic E-state index is 0.449. The molecule has 0 bridgehead atoms. The van der Waals surface area contributed by atoms with Gasteiger partial charge in [0.2, 0.25) is 0 Å². The molecule has 0 radical (unpaired) electrons. The molecule has 1 heteroatoms. The monoisotopic (exact) mass is 253 g/mol. The van der Waals surface area contributed by atoms with Gasteiger partial charge in [0, 0.05) is 0 Å². The van der Waals surface area contributed by atoms with E-state index in [4.69, 9.17) is 0 Å². The van der Waals surface area contributed by atoms with Crippen LogP contribution in [0.1, 0.15) is 74.1 Å². The molecule has 1 aliphatic rings. The van der Waals surface area contributed by atoms with Crippen LogP contribution in [0.4, 0.5) is 0 Å². The van der Waals surface area contributed by atoms with Gasteiger partial charge in [0.05, 0.1) is 0 Å². The molecule has 0 aromatic rings. The Morgan fingerprint density at radius 1 is 0.944 bits per heavy atom. The summed E-state index contributed by atoms with van der Waals surface area (Å²) in [4.78, 5) is 2.68. The molecular weight excluding hydrogens is 218 g/mol. The van der Waals surface area contributed by atoms with E-state index in [1.165, 1.54) is 45.3 Å². The average Bonchev–Trinajstić information content (AvgIpc) is 2.17. The highest BCUT2D eigenvalue weighted by Crippen LogP contribution is 2.46. The number of nitrogens with zero attached hydrogens (tertiary/aromatic N) is 1. The van der Waals surface area contributed by atoms with Crippen molar-refractivity contribution < 1.29 is 0 Å². The second kappa shape index (κ2) is 5.53. The molecule has 18 heavy (non-hydrogen) atoms. The highest BCUT2D eigenvalue weighted by molar-refractivity contribution is 4.91. The summed E-state index contributed by atoms with van der Waals surface area (Å²) in [5.74, 6) is 0. The smallest absolute Gasteiger partial charge is 0.00133 e. The lowest BCUT2D eigenvalue weighted by molar-refractivity contribution is 0.0213. The van der Waals surface area contributed by atoms with Gasteiger partial charge in [-0.15, -0.1) is 0 Å². The zero-order valence-electron chi connectivity index (χ0n) is 13.9. The van der Waals surface area contributed by atoms with Crippen LogP contribution in [-0.4, -0.2) is 24.5 Å². The summed E-state index contributed by atoms with van der Waals surface area (Å²) in [7, 11) is 0. The Labute approximate surface area is 115 Å². The molecule has 0 saturated carbocycles. The minimum Gasteiger partial charge on any atom is -0.303 e. The van der Waals surface area contributed by atoms with E-state index in [1.54, 1.807) is 0 Å². The Bertz CT molecular complexity index is 246. The lowest BCUT2D eigenvalue weighted by atomic mass is 9.63. The van der Waals surface area contributed by atoms with Crippen LogP contribution in [0, 0.1) is 16.2 Å². The van der Waals surface area contributed by atoms with Crippen LogP contribution in [0.3, 0.4) is 0 Å². The Morgan fingerprint density at radius 3 is 1.83 bits per heavy atom. The zero-order chi connectivity index (χ0) is 14.0. The van der Waals surface area contributed by atoms with Gasteiger partial charge in [-0.2, -0.15) is 0 Å². The molecule has 108 valence electrons. The molecule has 0 amide bonds. The summed E-state index contributed by atoms with van der Waals surface area (Å²) in [6.45, 7) is 20.7. The maximum atomic E-state index is 2.68. The highest BCUT2D eigenvalue weighted by Gasteiger charge is 2.39. The first-order valence-corrected chi connectivity index (χ1v) is 7.76. The number of likely N-dealkylation sites (tertiary alicyclic amines) is 1.